The van der Waals surface area contributed by atoms with E-state index >= 15 is 0 Å². The second-order valence-electron chi connectivity index (χ2n) is 5.61. The van der Waals surface area contributed by atoms with Crippen LogP contribution in [0.3, 0.4) is 0 Å². The van der Waals surface area contributed by atoms with Crippen molar-refractivity contribution in [3.8, 4) is 17.4 Å². The van der Waals surface area contributed by atoms with Crippen molar-refractivity contribution in [1.29, 1.82) is 0 Å². The molecule has 0 fully saturated rings. The molecule has 7 nitrogen and oxygen atoms in total. The van der Waals surface area contributed by atoms with Crippen LogP contribution in [0.25, 0.3) is 0 Å². The number of anilines is 1. The van der Waals surface area contributed by atoms with E-state index in [1.807, 2.05) is 36.4 Å². The van der Waals surface area contributed by atoms with Gasteiger partial charge in [-0.25, -0.2) is 9.97 Å². The molecule has 0 unspecified atom stereocenters. The highest BCUT2D eigenvalue weighted by atomic mass is 16.5. The number of hydrogen-bond donors (Lipinski definition) is 2. The Morgan fingerprint density at radius 3 is 2.56 bits per heavy atom. The SMILES string of the molecule is CNC(=O)c1cccnc1NCc1ccnc(Oc2ccc(OC)cc2)c1. The van der Waals surface area contributed by atoms with Crippen LogP contribution in [0.1, 0.15) is 15.9 Å². The molecule has 138 valence electrons. The van der Waals surface area contributed by atoms with Gasteiger partial charge in [-0.2, -0.15) is 0 Å². The fourth-order valence-corrected chi connectivity index (χ4v) is 2.43. The summed E-state index contributed by atoms with van der Waals surface area (Å²) in [5.74, 6) is 2.23. The van der Waals surface area contributed by atoms with E-state index in [1.165, 1.54) is 0 Å². The minimum atomic E-state index is -0.191. The van der Waals surface area contributed by atoms with Gasteiger partial charge in [0.1, 0.15) is 17.3 Å². The van der Waals surface area contributed by atoms with E-state index in [2.05, 4.69) is 20.6 Å². The topological polar surface area (TPSA) is 85.4 Å². The molecule has 0 saturated carbocycles. The average molecular weight is 364 g/mol. The quantitative estimate of drug-likeness (QED) is 0.669. The third kappa shape index (κ3) is 4.72. The molecule has 1 aromatic carbocycles. The Bertz CT molecular complexity index is 913. The van der Waals surface area contributed by atoms with Crippen LogP contribution < -0.4 is 20.1 Å². The summed E-state index contributed by atoms with van der Waals surface area (Å²) in [6, 6.07) is 14.4. The average Bonchev–Trinajstić information content (AvgIpc) is 2.73. The maximum Gasteiger partial charge on any atom is 0.254 e. The normalized spacial score (nSPS) is 10.1. The zero-order chi connectivity index (χ0) is 19.1. The minimum Gasteiger partial charge on any atom is -0.497 e. The van der Waals surface area contributed by atoms with Crippen LogP contribution in [-0.4, -0.2) is 30.0 Å². The van der Waals surface area contributed by atoms with Crippen molar-refractivity contribution in [2.45, 2.75) is 6.54 Å². The summed E-state index contributed by atoms with van der Waals surface area (Å²) in [6.45, 7) is 0.475. The van der Waals surface area contributed by atoms with Gasteiger partial charge in [0.2, 0.25) is 5.88 Å². The number of amides is 1. The molecule has 0 aliphatic rings. The lowest BCUT2D eigenvalue weighted by Gasteiger charge is -2.11. The Hall–Kier alpha value is -3.61. The third-order valence-electron chi connectivity index (χ3n) is 3.82. The lowest BCUT2D eigenvalue weighted by molar-refractivity contribution is 0.0963. The van der Waals surface area contributed by atoms with Gasteiger partial charge >= 0.3 is 0 Å². The van der Waals surface area contributed by atoms with Crippen LogP contribution in [0.15, 0.2) is 60.9 Å². The van der Waals surface area contributed by atoms with Crippen molar-refractivity contribution in [2.75, 3.05) is 19.5 Å². The summed E-state index contributed by atoms with van der Waals surface area (Å²) in [5, 5.41) is 5.79. The van der Waals surface area contributed by atoms with E-state index in [1.54, 1.807) is 38.7 Å². The molecular weight excluding hydrogens is 344 g/mol. The highest BCUT2D eigenvalue weighted by Crippen LogP contribution is 2.23. The number of aromatic nitrogens is 2. The van der Waals surface area contributed by atoms with Gasteiger partial charge in [0, 0.05) is 32.1 Å². The number of carbonyl (C=O) groups is 1. The summed E-state index contributed by atoms with van der Waals surface area (Å²) < 4.78 is 10.9. The Labute approximate surface area is 157 Å². The lowest BCUT2D eigenvalue weighted by atomic mass is 10.2. The molecule has 0 radical (unpaired) electrons. The molecule has 0 spiro atoms. The van der Waals surface area contributed by atoms with E-state index in [9.17, 15) is 4.79 Å². The zero-order valence-electron chi connectivity index (χ0n) is 15.1. The van der Waals surface area contributed by atoms with E-state index in [0.717, 1.165) is 11.3 Å². The number of rotatable bonds is 7. The van der Waals surface area contributed by atoms with Crippen molar-refractivity contribution < 1.29 is 14.3 Å². The van der Waals surface area contributed by atoms with Crippen molar-refractivity contribution in [1.82, 2.24) is 15.3 Å². The largest absolute Gasteiger partial charge is 0.497 e. The summed E-state index contributed by atoms with van der Waals surface area (Å²) >= 11 is 0. The Kier molecular flexibility index (Phi) is 5.84. The Morgan fingerprint density at radius 1 is 1.04 bits per heavy atom. The maximum absolute atomic E-state index is 11.9. The summed E-state index contributed by atoms with van der Waals surface area (Å²) in [4.78, 5) is 20.4. The van der Waals surface area contributed by atoms with Crippen LogP contribution in [-0.2, 0) is 6.54 Å². The van der Waals surface area contributed by atoms with E-state index in [-0.39, 0.29) is 5.91 Å². The first kappa shape index (κ1) is 18.2. The highest BCUT2D eigenvalue weighted by Gasteiger charge is 2.10. The monoisotopic (exact) mass is 364 g/mol. The van der Waals surface area contributed by atoms with Crippen LogP contribution in [0.5, 0.6) is 17.4 Å². The summed E-state index contributed by atoms with van der Waals surface area (Å²) in [7, 11) is 3.20. The van der Waals surface area contributed by atoms with Crippen LogP contribution in [0, 0.1) is 0 Å². The van der Waals surface area contributed by atoms with Gasteiger partial charge in [0.15, 0.2) is 0 Å². The number of carbonyl (C=O) groups excluding carboxylic acids is 1. The molecule has 3 aromatic rings. The second-order valence-corrected chi connectivity index (χ2v) is 5.61. The number of ether oxygens (including phenoxy) is 2. The van der Waals surface area contributed by atoms with Gasteiger partial charge in [0.25, 0.3) is 5.91 Å². The van der Waals surface area contributed by atoms with Gasteiger partial charge in [-0.05, 0) is 48.0 Å². The fourth-order valence-electron chi connectivity index (χ4n) is 2.43. The van der Waals surface area contributed by atoms with Crippen molar-refractivity contribution in [2.24, 2.45) is 0 Å². The molecule has 2 aromatic heterocycles. The predicted octanol–water partition coefficient (Wildman–Crippen LogP) is 3.25. The van der Waals surface area contributed by atoms with Gasteiger partial charge in [-0.3, -0.25) is 4.79 Å². The molecule has 2 heterocycles. The number of hydrogen-bond acceptors (Lipinski definition) is 6. The van der Waals surface area contributed by atoms with Crippen LogP contribution >= 0.6 is 0 Å². The molecule has 7 heteroatoms. The molecule has 27 heavy (non-hydrogen) atoms. The highest BCUT2D eigenvalue weighted by molar-refractivity contribution is 5.98. The molecule has 0 bridgehead atoms. The molecule has 2 N–H and O–H groups in total. The number of nitrogens with zero attached hydrogens (tertiary/aromatic N) is 2. The zero-order valence-corrected chi connectivity index (χ0v) is 15.1. The second kappa shape index (κ2) is 8.66. The van der Waals surface area contributed by atoms with Crippen LogP contribution in [0.4, 0.5) is 5.82 Å². The first-order valence-electron chi connectivity index (χ1n) is 8.37. The van der Waals surface area contributed by atoms with E-state index < -0.39 is 0 Å². The summed E-state index contributed by atoms with van der Waals surface area (Å²) in [6.07, 6.45) is 3.31. The van der Waals surface area contributed by atoms with Crippen LogP contribution in [0.2, 0.25) is 0 Å². The number of nitrogens with one attached hydrogen (secondary N) is 2. The number of benzene rings is 1. The molecule has 1 amide bonds. The molecule has 0 atom stereocenters. The predicted molar refractivity (Wildman–Crippen MR) is 102 cm³/mol. The molecule has 0 saturated heterocycles. The smallest absolute Gasteiger partial charge is 0.254 e. The van der Waals surface area contributed by atoms with Gasteiger partial charge in [-0.1, -0.05) is 0 Å². The minimum absolute atomic E-state index is 0.191. The Balaban J connectivity index is 1.68. The van der Waals surface area contributed by atoms with E-state index in [4.69, 9.17) is 9.47 Å². The maximum atomic E-state index is 11.9. The lowest BCUT2D eigenvalue weighted by Crippen LogP contribution is -2.20. The van der Waals surface area contributed by atoms with E-state index in [0.29, 0.717) is 29.6 Å². The number of methoxy groups -OCH3 is 1. The van der Waals surface area contributed by atoms with Gasteiger partial charge < -0.3 is 20.1 Å². The summed E-state index contributed by atoms with van der Waals surface area (Å²) in [5.41, 5.74) is 1.44. The Morgan fingerprint density at radius 2 is 1.81 bits per heavy atom. The molecule has 0 aliphatic carbocycles. The van der Waals surface area contributed by atoms with Gasteiger partial charge in [0.05, 0.1) is 12.7 Å². The van der Waals surface area contributed by atoms with Crippen molar-refractivity contribution in [3.05, 3.63) is 72.1 Å². The number of pyridine rings is 2. The first-order chi connectivity index (χ1) is 13.2. The first-order valence-corrected chi connectivity index (χ1v) is 8.37. The van der Waals surface area contributed by atoms with Crippen molar-refractivity contribution >= 4 is 11.7 Å². The molecular formula is C20H20N4O3. The third-order valence-corrected chi connectivity index (χ3v) is 3.82. The fraction of sp³-hybridized carbons (Fsp3) is 0.150. The van der Waals surface area contributed by atoms with Crippen molar-refractivity contribution in [3.63, 3.8) is 0 Å². The molecule has 3 rings (SSSR count). The molecule has 0 aliphatic heterocycles. The standard InChI is InChI=1S/C20H20N4O3/c1-21-20(25)17-4-3-10-23-19(17)24-13-14-9-11-22-18(12-14)27-16-7-5-15(26-2)6-8-16/h3-12H,13H2,1-2H3,(H,21,25)(H,23,24). The van der Waals surface area contributed by atoms with Gasteiger partial charge in [-0.15, -0.1) is 0 Å².